The predicted molar refractivity (Wildman–Crippen MR) is 281 cm³/mol. The fourth-order valence-electron chi connectivity index (χ4n) is 11.7. The molecule has 0 atom stereocenters. The van der Waals surface area contributed by atoms with Crippen molar-refractivity contribution in [2.75, 3.05) is 0 Å². The molecule has 0 bridgehead atoms. The molecule has 2 aliphatic rings. The number of hydrogen-bond donors (Lipinski definition) is 0. The van der Waals surface area contributed by atoms with Crippen LogP contribution in [0.5, 0.6) is 0 Å². The topological polar surface area (TPSA) is 43.9 Å². The van der Waals surface area contributed by atoms with Crippen molar-refractivity contribution in [2.24, 2.45) is 0 Å². The first-order valence-electron chi connectivity index (χ1n) is 23.6. The summed E-state index contributed by atoms with van der Waals surface area (Å²) in [5.41, 5.74) is 22.9. The van der Waals surface area contributed by atoms with Crippen LogP contribution in [0.1, 0.15) is 49.9 Å². The molecule has 0 saturated carbocycles. The maximum Gasteiger partial charge on any atom is 0.235 e. The van der Waals surface area contributed by atoms with Crippen molar-refractivity contribution in [3.05, 3.63) is 222 Å². The smallest absolute Gasteiger partial charge is 0.235 e. The summed E-state index contributed by atoms with van der Waals surface area (Å²) in [5, 5.41) is 4.54. The second-order valence-electron chi connectivity index (χ2n) is 19.8. The molecular formula is C64H45N3O. The van der Waals surface area contributed by atoms with Crippen LogP contribution >= 0.6 is 0 Å². The lowest BCUT2D eigenvalue weighted by Crippen LogP contribution is -2.15. The SMILES string of the molecule is CC1(C)c2ccccc2-c2ccc(-c3ccc(-c4cc(-c5ccc6c(c5)C(C)(C)c5ccccc5-6)nc(-n5c6ccccc6c6cc(-c7ccc8oc9ccccc9c8c7)ccc65)n4)cc3)cc21. The van der Waals surface area contributed by atoms with Crippen LogP contribution < -0.4 is 0 Å². The number of fused-ring (bicyclic) bond motifs is 12. The van der Waals surface area contributed by atoms with Crippen LogP contribution in [0.15, 0.2) is 205 Å². The number of rotatable bonds is 5. The third-order valence-corrected chi connectivity index (χ3v) is 15.3. The summed E-state index contributed by atoms with van der Waals surface area (Å²) < 4.78 is 8.44. The number of hydrogen-bond acceptors (Lipinski definition) is 3. The zero-order valence-corrected chi connectivity index (χ0v) is 38.3. The molecule has 3 heterocycles. The Hall–Kier alpha value is -8.34. The Bertz CT molecular complexity index is 4090. The van der Waals surface area contributed by atoms with Crippen LogP contribution in [0.4, 0.5) is 0 Å². The van der Waals surface area contributed by atoms with Crippen molar-refractivity contribution in [3.63, 3.8) is 0 Å². The average molecular weight is 872 g/mol. The van der Waals surface area contributed by atoms with Crippen LogP contribution in [0, 0.1) is 0 Å². The molecular weight excluding hydrogens is 827 g/mol. The molecule has 0 saturated heterocycles. The molecule has 4 heteroatoms. The first-order chi connectivity index (χ1) is 33.2. The molecule has 12 aromatic rings. The second kappa shape index (κ2) is 14.1. The van der Waals surface area contributed by atoms with Crippen molar-refractivity contribution in [1.29, 1.82) is 0 Å². The van der Waals surface area contributed by atoms with Crippen molar-refractivity contribution < 1.29 is 4.42 Å². The van der Waals surface area contributed by atoms with Gasteiger partial charge in [-0.15, -0.1) is 0 Å². The van der Waals surface area contributed by atoms with Crippen LogP contribution in [0.3, 0.4) is 0 Å². The van der Waals surface area contributed by atoms with Gasteiger partial charge in [0.05, 0.1) is 22.4 Å². The Morgan fingerprint density at radius 1 is 0.338 bits per heavy atom. The molecule has 322 valence electrons. The van der Waals surface area contributed by atoms with Gasteiger partial charge in [-0.2, -0.15) is 0 Å². The van der Waals surface area contributed by atoms with Gasteiger partial charge in [0.2, 0.25) is 5.95 Å². The van der Waals surface area contributed by atoms with Gasteiger partial charge in [0, 0.05) is 43.5 Å². The van der Waals surface area contributed by atoms with Gasteiger partial charge < -0.3 is 4.42 Å². The summed E-state index contributed by atoms with van der Waals surface area (Å²) in [4.78, 5) is 11.0. The highest BCUT2D eigenvalue weighted by molar-refractivity contribution is 6.11. The van der Waals surface area contributed by atoms with Gasteiger partial charge in [-0.1, -0.05) is 173 Å². The molecule has 0 amide bonds. The minimum Gasteiger partial charge on any atom is -0.456 e. The summed E-state index contributed by atoms with van der Waals surface area (Å²) in [7, 11) is 0. The van der Waals surface area contributed by atoms with E-state index < -0.39 is 0 Å². The van der Waals surface area contributed by atoms with E-state index in [4.69, 9.17) is 14.4 Å². The van der Waals surface area contributed by atoms with Crippen LogP contribution in [0.2, 0.25) is 0 Å². The van der Waals surface area contributed by atoms with Gasteiger partial charge in [0.25, 0.3) is 0 Å². The van der Waals surface area contributed by atoms with Crippen molar-refractivity contribution in [2.45, 2.75) is 38.5 Å². The van der Waals surface area contributed by atoms with E-state index in [0.717, 1.165) is 77.4 Å². The van der Waals surface area contributed by atoms with E-state index in [-0.39, 0.29) is 10.8 Å². The maximum absolute atomic E-state index is 6.19. The maximum atomic E-state index is 6.19. The fourth-order valence-corrected chi connectivity index (χ4v) is 11.7. The molecule has 3 aromatic heterocycles. The minimum atomic E-state index is -0.147. The lowest BCUT2D eigenvalue weighted by molar-refractivity contribution is 0.660. The number of para-hydroxylation sites is 2. The molecule has 0 radical (unpaired) electrons. The zero-order valence-electron chi connectivity index (χ0n) is 38.3. The fraction of sp³-hybridized carbons (Fsp3) is 0.0938. The average Bonchev–Trinajstić information content (AvgIpc) is 4.06. The largest absolute Gasteiger partial charge is 0.456 e. The van der Waals surface area contributed by atoms with E-state index >= 15 is 0 Å². The Morgan fingerprint density at radius 3 is 1.53 bits per heavy atom. The molecule has 0 N–H and O–H groups in total. The number of nitrogens with zero attached hydrogens (tertiary/aromatic N) is 3. The second-order valence-corrected chi connectivity index (χ2v) is 19.8. The standard InChI is InChI=1S/C64H45N3O/c1-63(2)52-17-9-5-13-44(52)46-29-25-42(35-54(46)63)38-21-23-39(24-22-38)56-37-57(43-26-30-47-45-14-6-10-18-53(45)64(3,4)55(47)36-43)66-62(65-56)67-58-19-11-7-15-48(58)50-33-40(27-31-59(50)67)41-28-32-61-51(34-41)49-16-8-12-20-60(49)68-61/h5-37H,1-4H3. The summed E-state index contributed by atoms with van der Waals surface area (Å²) >= 11 is 0. The lowest BCUT2D eigenvalue weighted by Gasteiger charge is -2.22. The predicted octanol–water partition coefficient (Wildman–Crippen LogP) is 16.8. The number of furan rings is 1. The van der Waals surface area contributed by atoms with Crippen molar-refractivity contribution in [3.8, 4) is 73.0 Å². The summed E-state index contributed by atoms with van der Waals surface area (Å²) in [6, 6.07) is 72.8. The van der Waals surface area contributed by atoms with Crippen molar-refractivity contribution in [1.82, 2.24) is 14.5 Å². The van der Waals surface area contributed by atoms with Gasteiger partial charge >= 0.3 is 0 Å². The number of aromatic nitrogens is 3. The molecule has 0 fully saturated rings. The first-order valence-corrected chi connectivity index (χ1v) is 23.6. The quantitative estimate of drug-likeness (QED) is 0.173. The lowest BCUT2D eigenvalue weighted by atomic mass is 9.81. The summed E-state index contributed by atoms with van der Waals surface area (Å²) in [5.74, 6) is 0.635. The highest BCUT2D eigenvalue weighted by Crippen LogP contribution is 2.51. The molecule has 14 rings (SSSR count). The summed E-state index contributed by atoms with van der Waals surface area (Å²) in [6.07, 6.45) is 0. The third kappa shape index (κ3) is 5.61. The van der Waals surface area contributed by atoms with Gasteiger partial charge in [0.15, 0.2) is 0 Å². The molecule has 0 spiro atoms. The Kier molecular flexibility index (Phi) is 8.06. The third-order valence-electron chi connectivity index (χ3n) is 15.3. The van der Waals surface area contributed by atoms with E-state index in [1.54, 1.807) is 0 Å². The van der Waals surface area contributed by atoms with Crippen LogP contribution in [-0.2, 0) is 10.8 Å². The van der Waals surface area contributed by atoms with Gasteiger partial charge in [-0.3, -0.25) is 4.57 Å². The Balaban J connectivity index is 0.920. The normalized spacial score (nSPS) is 14.1. The molecule has 9 aromatic carbocycles. The molecule has 0 unspecified atom stereocenters. The molecule has 2 aliphatic carbocycles. The monoisotopic (exact) mass is 871 g/mol. The highest BCUT2D eigenvalue weighted by atomic mass is 16.3. The Labute approximate surface area is 394 Å². The summed E-state index contributed by atoms with van der Waals surface area (Å²) in [6.45, 7) is 9.36. The van der Waals surface area contributed by atoms with Crippen LogP contribution in [-0.4, -0.2) is 14.5 Å². The Morgan fingerprint density at radius 2 is 0.809 bits per heavy atom. The van der Waals surface area contributed by atoms with Crippen LogP contribution in [0.25, 0.3) is 117 Å². The van der Waals surface area contributed by atoms with E-state index in [9.17, 15) is 0 Å². The zero-order chi connectivity index (χ0) is 45.5. The van der Waals surface area contributed by atoms with E-state index in [1.165, 1.54) is 55.6 Å². The van der Waals surface area contributed by atoms with Gasteiger partial charge in [-0.25, -0.2) is 9.97 Å². The molecule has 0 aliphatic heterocycles. The highest BCUT2D eigenvalue weighted by Gasteiger charge is 2.36. The van der Waals surface area contributed by atoms with Gasteiger partial charge in [0.1, 0.15) is 11.2 Å². The molecule has 4 nitrogen and oxygen atoms in total. The number of benzene rings is 9. The molecule has 68 heavy (non-hydrogen) atoms. The first kappa shape index (κ1) is 38.9. The van der Waals surface area contributed by atoms with E-state index in [0.29, 0.717) is 5.95 Å². The van der Waals surface area contributed by atoms with Gasteiger partial charge in [-0.05, 0) is 121 Å². The minimum absolute atomic E-state index is 0.0660. The van der Waals surface area contributed by atoms with Crippen molar-refractivity contribution >= 4 is 43.7 Å². The van der Waals surface area contributed by atoms with E-state index in [1.807, 2.05) is 12.1 Å². The van der Waals surface area contributed by atoms with E-state index in [2.05, 4.69) is 220 Å².